The minimum absolute atomic E-state index is 0.0313. The monoisotopic (exact) mass is 461 g/mol. The molecule has 2 aromatic carbocycles. The van der Waals surface area contributed by atoms with Gasteiger partial charge in [0.2, 0.25) is 10.0 Å². The topological polar surface area (TPSA) is 88.2 Å². The summed E-state index contributed by atoms with van der Waals surface area (Å²) in [6.07, 6.45) is 0. The minimum Gasteiger partial charge on any atom is -0.495 e. The first-order chi connectivity index (χ1) is 15.3. The molecule has 2 aromatic rings. The van der Waals surface area contributed by atoms with Gasteiger partial charge >= 0.3 is 0 Å². The van der Waals surface area contributed by atoms with E-state index < -0.39 is 10.0 Å². The molecule has 1 aliphatic rings. The lowest BCUT2D eigenvalue weighted by molar-refractivity contribution is 0.0620. The zero-order valence-electron chi connectivity index (χ0n) is 18.8. The van der Waals surface area contributed by atoms with Gasteiger partial charge in [0.1, 0.15) is 23.0 Å². The molecule has 3 rings (SSSR count). The molecule has 0 aromatic heterocycles. The molecular formula is C23H31N3O5S. The van der Waals surface area contributed by atoms with E-state index in [1.165, 1.54) is 19.2 Å². The van der Waals surface area contributed by atoms with Crippen LogP contribution in [0.15, 0.2) is 53.4 Å². The predicted molar refractivity (Wildman–Crippen MR) is 123 cm³/mol. The fraction of sp³-hybridized carbons (Fsp3) is 0.435. The molecule has 1 aliphatic heterocycles. The largest absolute Gasteiger partial charge is 0.495 e. The highest BCUT2D eigenvalue weighted by Crippen LogP contribution is 2.26. The third-order valence-electron chi connectivity index (χ3n) is 5.17. The van der Waals surface area contributed by atoms with Gasteiger partial charge in [-0.1, -0.05) is 18.2 Å². The summed E-state index contributed by atoms with van der Waals surface area (Å²) >= 11 is 0. The number of para-hydroxylation sites is 1. The van der Waals surface area contributed by atoms with E-state index in [1.807, 2.05) is 30.3 Å². The molecule has 32 heavy (non-hydrogen) atoms. The average Bonchev–Trinajstić information content (AvgIpc) is 2.78. The third kappa shape index (κ3) is 6.21. The van der Waals surface area contributed by atoms with E-state index in [-0.39, 0.29) is 22.6 Å². The van der Waals surface area contributed by atoms with Crippen molar-refractivity contribution in [1.82, 2.24) is 14.5 Å². The van der Waals surface area contributed by atoms with E-state index in [9.17, 15) is 13.2 Å². The van der Waals surface area contributed by atoms with E-state index >= 15 is 0 Å². The number of ether oxygens (including phenoxy) is 2. The van der Waals surface area contributed by atoms with Crippen molar-refractivity contribution in [3.8, 4) is 11.5 Å². The molecule has 1 amide bonds. The first kappa shape index (κ1) is 24.0. The van der Waals surface area contributed by atoms with Gasteiger partial charge in [0.25, 0.3) is 5.91 Å². The van der Waals surface area contributed by atoms with Crippen LogP contribution in [0.4, 0.5) is 0 Å². The SMILES string of the molecule is COc1ccc(C(=O)N2CCN(CCOc3ccccc3)CC2)cc1S(=O)(=O)NC(C)C. The molecule has 1 heterocycles. The number of carbonyl (C=O) groups is 1. The van der Waals surface area contributed by atoms with Crippen molar-refractivity contribution in [1.29, 1.82) is 0 Å². The van der Waals surface area contributed by atoms with Gasteiger partial charge in [0, 0.05) is 44.3 Å². The normalized spacial score (nSPS) is 15.1. The van der Waals surface area contributed by atoms with Crippen LogP contribution in [0, 0.1) is 0 Å². The number of hydrogen-bond acceptors (Lipinski definition) is 6. The number of methoxy groups -OCH3 is 1. The van der Waals surface area contributed by atoms with Crippen LogP contribution >= 0.6 is 0 Å². The first-order valence-electron chi connectivity index (χ1n) is 10.7. The van der Waals surface area contributed by atoms with E-state index in [2.05, 4.69) is 9.62 Å². The molecule has 0 bridgehead atoms. The maximum atomic E-state index is 13.0. The maximum absolute atomic E-state index is 13.0. The van der Waals surface area contributed by atoms with Gasteiger partial charge in [-0.25, -0.2) is 13.1 Å². The average molecular weight is 462 g/mol. The number of piperazine rings is 1. The van der Waals surface area contributed by atoms with Crippen molar-refractivity contribution in [2.45, 2.75) is 24.8 Å². The quantitative estimate of drug-likeness (QED) is 0.616. The van der Waals surface area contributed by atoms with Crippen molar-refractivity contribution < 1.29 is 22.7 Å². The molecular weight excluding hydrogens is 430 g/mol. The number of nitrogens with one attached hydrogen (secondary N) is 1. The Morgan fingerprint density at radius 1 is 1.06 bits per heavy atom. The molecule has 0 spiro atoms. The summed E-state index contributed by atoms with van der Waals surface area (Å²) in [5.41, 5.74) is 0.329. The lowest BCUT2D eigenvalue weighted by Gasteiger charge is -2.34. The fourth-order valence-corrected chi connectivity index (χ4v) is 5.01. The van der Waals surface area contributed by atoms with Crippen LogP contribution < -0.4 is 14.2 Å². The molecule has 1 fully saturated rings. The summed E-state index contributed by atoms with van der Waals surface area (Å²) in [5.74, 6) is 0.866. The van der Waals surface area contributed by atoms with Gasteiger partial charge in [-0.05, 0) is 44.2 Å². The molecule has 1 N–H and O–H groups in total. The van der Waals surface area contributed by atoms with Crippen molar-refractivity contribution >= 4 is 15.9 Å². The number of amides is 1. The molecule has 0 atom stereocenters. The summed E-state index contributed by atoms with van der Waals surface area (Å²) < 4.78 is 38.9. The van der Waals surface area contributed by atoms with Crippen LogP contribution in [0.1, 0.15) is 24.2 Å². The third-order valence-corrected chi connectivity index (χ3v) is 6.85. The van der Waals surface area contributed by atoms with Gasteiger partial charge in [0.05, 0.1) is 7.11 Å². The Bertz CT molecular complexity index is 1000. The van der Waals surface area contributed by atoms with Crippen LogP contribution in [0.2, 0.25) is 0 Å². The second-order valence-electron chi connectivity index (χ2n) is 7.94. The summed E-state index contributed by atoms with van der Waals surface area (Å²) in [4.78, 5) is 17.0. The summed E-state index contributed by atoms with van der Waals surface area (Å²) in [6.45, 7) is 7.46. The number of sulfonamides is 1. The van der Waals surface area contributed by atoms with Crippen molar-refractivity contribution in [2.75, 3.05) is 46.4 Å². The van der Waals surface area contributed by atoms with Gasteiger partial charge in [-0.2, -0.15) is 0 Å². The van der Waals surface area contributed by atoms with Crippen LogP contribution in [0.25, 0.3) is 0 Å². The van der Waals surface area contributed by atoms with Gasteiger partial charge in [0.15, 0.2) is 0 Å². The lowest BCUT2D eigenvalue weighted by Crippen LogP contribution is -2.49. The van der Waals surface area contributed by atoms with Crippen molar-refractivity contribution in [3.05, 3.63) is 54.1 Å². The second kappa shape index (κ2) is 10.8. The number of carbonyl (C=O) groups excluding carboxylic acids is 1. The maximum Gasteiger partial charge on any atom is 0.253 e. The molecule has 174 valence electrons. The lowest BCUT2D eigenvalue weighted by atomic mass is 10.1. The molecule has 0 radical (unpaired) electrons. The Kier molecular flexibility index (Phi) is 8.11. The van der Waals surface area contributed by atoms with Gasteiger partial charge in [-0.3, -0.25) is 9.69 Å². The van der Waals surface area contributed by atoms with E-state index in [4.69, 9.17) is 9.47 Å². The predicted octanol–water partition coefficient (Wildman–Crippen LogP) is 2.22. The van der Waals surface area contributed by atoms with Crippen LogP contribution in [-0.4, -0.2) is 76.6 Å². The Morgan fingerprint density at radius 3 is 2.38 bits per heavy atom. The standard InChI is InChI=1S/C23H31N3O5S/c1-18(2)24-32(28,29)22-17-19(9-10-21(22)30-3)23(27)26-13-11-25(12-14-26)15-16-31-20-7-5-4-6-8-20/h4-10,17-18,24H,11-16H2,1-3H3. The number of benzene rings is 2. The van der Waals surface area contributed by atoms with E-state index in [1.54, 1.807) is 24.8 Å². The Labute approximate surface area is 190 Å². The Hall–Kier alpha value is -2.62. The van der Waals surface area contributed by atoms with Crippen LogP contribution in [0.5, 0.6) is 11.5 Å². The zero-order chi connectivity index (χ0) is 23.1. The summed E-state index contributed by atoms with van der Waals surface area (Å²) in [7, 11) is -2.39. The van der Waals surface area contributed by atoms with Gasteiger partial charge < -0.3 is 14.4 Å². The van der Waals surface area contributed by atoms with Gasteiger partial charge in [-0.15, -0.1) is 0 Å². The van der Waals surface area contributed by atoms with Crippen LogP contribution in [-0.2, 0) is 10.0 Å². The number of nitrogens with zero attached hydrogens (tertiary/aromatic N) is 2. The number of hydrogen-bond donors (Lipinski definition) is 1. The molecule has 9 heteroatoms. The molecule has 0 saturated carbocycles. The van der Waals surface area contributed by atoms with Crippen molar-refractivity contribution in [3.63, 3.8) is 0 Å². The minimum atomic E-state index is -3.80. The van der Waals surface area contributed by atoms with E-state index in [0.717, 1.165) is 25.4 Å². The van der Waals surface area contributed by atoms with Crippen molar-refractivity contribution in [2.24, 2.45) is 0 Å². The van der Waals surface area contributed by atoms with Crippen LogP contribution in [0.3, 0.4) is 0 Å². The molecule has 8 nitrogen and oxygen atoms in total. The first-order valence-corrected chi connectivity index (χ1v) is 12.2. The zero-order valence-corrected chi connectivity index (χ0v) is 19.6. The summed E-state index contributed by atoms with van der Waals surface area (Å²) in [6, 6.07) is 13.9. The smallest absolute Gasteiger partial charge is 0.253 e. The number of rotatable bonds is 9. The summed E-state index contributed by atoms with van der Waals surface area (Å²) in [5, 5.41) is 0. The molecule has 0 aliphatic carbocycles. The highest BCUT2D eigenvalue weighted by Gasteiger charge is 2.26. The highest BCUT2D eigenvalue weighted by molar-refractivity contribution is 7.89. The highest BCUT2D eigenvalue weighted by atomic mass is 32.2. The second-order valence-corrected chi connectivity index (χ2v) is 9.62. The Balaban J connectivity index is 1.59. The van der Waals surface area contributed by atoms with E-state index in [0.29, 0.717) is 25.3 Å². The molecule has 1 saturated heterocycles. The Morgan fingerprint density at radius 2 is 1.75 bits per heavy atom. The molecule has 0 unspecified atom stereocenters. The fourth-order valence-electron chi connectivity index (χ4n) is 3.56.